The van der Waals surface area contributed by atoms with E-state index in [2.05, 4.69) is 11.4 Å². The summed E-state index contributed by atoms with van der Waals surface area (Å²) in [5.41, 5.74) is 2.24. The number of anilines is 1. The zero-order valence-corrected chi connectivity index (χ0v) is 17.8. The summed E-state index contributed by atoms with van der Waals surface area (Å²) in [7, 11) is 0. The predicted octanol–water partition coefficient (Wildman–Crippen LogP) is 4.18. The van der Waals surface area contributed by atoms with Crippen molar-refractivity contribution in [3.8, 4) is 11.8 Å². The molecule has 0 atom stereocenters. The number of rotatable bonds is 6. The highest BCUT2D eigenvalue weighted by molar-refractivity contribution is 7.16. The molecule has 0 saturated carbocycles. The number of ether oxygens (including phenoxy) is 2. The zero-order chi connectivity index (χ0) is 21.5. The number of nitrogens with zero attached hydrogens (tertiary/aromatic N) is 2. The van der Waals surface area contributed by atoms with E-state index >= 15 is 0 Å². The summed E-state index contributed by atoms with van der Waals surface area (Å²) in [6.07, 6.45) is 3.33. The van der Waals surface area contributed by atoms with E-state index < -0.39 is 0 Å². The second-order valence-electron chi connectivity index (χ2n) is 6.51. The molecule has 0 fully saturated rings. The van der Waals surface area contributed by atoms with E-state index in [9.17, 15) is 14.9 Å². The molecule has 2 amide bonds. The van der Waals surface area contributed by atoms with Crippen LogP contribution in [-0.4, -0.2) is 36.7 Å². The minimum atomic E-state index is -0.362. The molecule has 1 aliphatic heterocycles. The summed E-state index contributed by atoms with van der Waals surface area (Å²) in [4.78, 5) is 26.9. The molecule has 0 radical (unpaired) electrons. The van der Waals surface area contributed by atoms with Crippen molar-refractivity contribution in [2.75, 3.05) is 25.1 Å². The van der Waals surface area contributed by atoms with Crippen molar-refractivity contribution < 1.29 is 19.1 Å². The normalized spacial score (nSPS) is 12.9. The van der Waals surface area contributed by atoms with Gasteiger partial charge in [-0.05, 0) is 49.6 Å². The Bertz CT molecular complexity index is 989. The van der Waals surface area contributed by atoms with Crippen LogP contribution < -0.4 is 10.1 Å². The van der Waals surface area contributed by atoms with Crippen molar-refractivity contribution in [3.63, 3.8) is 0 Å². The van der Waals surface area contributed by atoms with Gasteiger partial charge >= 0.3 is 6.09 Å². The molecular formula is C22H23N3O4S. The summed E-state index contributed by atoms with van der Waals surface area (Å²) >= 11 is 1.33. The van der Waals surface area contributed by atoms with E-state index in [-0.39, 0.29) is 12.0 Å². The van der Waals surface area contributed by atoms with Gasteiger partial charge in [-0.15, -0.1) is 11.3 Å². The van der Waals surface area contributed by atoms with Crippen molar-refractivity contribution in [3.05, 3.63) is 51.9 Å². The third-order valence-electron chi connectivity index (χ3n) is 4.55. The average Bonchev–Trinajstić information content (AvgIpc) is 3.09. The van der Waals surface area contributed by atoms with Gasteiger partial charge in [0, 0.05) is 17.5 Å². The van der Waals surface area contributed by atoms with Crippen LogP contribution in [0.2, 0.25) is 0 Å². The van der Waals surface area contributed by atoms with Crippen LogP contribution in [0.3, 0.4) is 0 Å². The lowest BCUT2D eigenvalue weighted by atomic mass is 10.0. The molecule has 0 bridgehead atoms. The molecule has 1 aromatic heterocycles. The van der Waals surface area contributed by atoms with Gasteiger partial charge in [-0.25, -0.2) is 4.79 Å². The molecule has 1 N–H and O–H groups in total. The van der Waals surface area contributed by atoms with E-state index in [4.69, 9.17) is 9.47 Å². The van der Waals surface area contributed by atoms with Crippen LogP contribution in [0, 0.1) is 11.3 Å². The Balaban J connectivity index is 1.69. The number of nitrogens with one attached hydrogen (secondary N) is 1. The molecule has 0 aliphatic carbocycles. The Morgan fingerprint density at radius 2 is 2.03 bits per heavy atom. The van der Waals surface area contributed by atoms with Gasteiger partial charge in [0.05, 0.1) is 25.3 Å². The molecule has 7 nitrogen and oxygen atoms in total. The van der Waals surface area contributed by atoms with Gasteiger partial charge in [0.1, 0.15) is 16.8 Å². The first kappa shape index (κ1) is 21.4. The first-order valence-electron chi connectivity index (χ1n) is 9.74. The number of fused-ring (bicyclic) bond motifs is 1. The van der Waals surface area contributed by atoms with Crippen LogP contribution >= 0.6 is 11.3 Å². The van der Waals surface area contributed by atoms with Crippen molar-refractivity contribution in [1.82, 2.24) is 4.90 Å². The lowest BCUT2D eigenvalue weighted by molar-refractivity contribution is -0.111. The molecule has 2 aromatic rings. The fourth-order valence-corrected chi connectivity index (χ4v) is 4.36. The minimum absolute atomic E-state index is 0.318. The van der Waals surface area contributed by atoms with Gasteiger partial charge in [-0.1, -0.05) is 12.1 Å². The van der Waals surface area contributed by atoms with Gasteiger partial charge in [0.2, 0.25) is 5.91 Å². The monoisotopic (exact) mass is 425 g/mol. The summed E-state index contributed by atoms with van der Waals surface area (Å²) in [5.74, 6) is 0.458. The smallest absolute Gasteiger partial charge is 0.410 e. The maximum Gasteiger partial charge on any atom is 0.410 e. The van der Waals surface area contributed by atoms with Crippen LogP contribution in [0.25, 0.3) is 6.08 Å². The fraction of sp³-hybridized carbons (Fsp3) is 0.318. The van der Waals surface area contributed by atoms with Crippen LogP contribution in [0.4, 0.5) is 9.80 Å². The third-order valence-corrected chi connectivity index (χ3v) is 5.68. The van der Waals surface area contributed by atoms with Gasteiger partial charge in [-0.2, -0.15) is 5.26 Å². The molecular weight excluding hydrogens is 402 g/mol. The Hall–Kier alpha value is -3.31. The second-order valence-corrected chi connectivity index (χ2v) is 7.62. The highest BCUT2D eigenvalue weighted by Gasteiger charge is 2.27. The molecule has 156 valence electrons. The summed E-state index contributed by atoms with van der Waals surface area (Å²) in [5, 5.41) is 12.9. The Morgan fingerprint density at radius 3 is 2.70 bits per heavy atom. The third kappa shape index (κ3) is 4.99. The van der Waals surface area contributed by atoms with E-state index in [0.29, 0.717) is 43.3 Å². The van der Waals surface area contributed by atoms with Crippen LogP contribution in [0.15, 0.2) is 30.3 Å². The molecule has 1 aliphatic rings. The number of hydrogen-bond donors (Lipinski definition) is 1. The molecule has 0 spiro atoms. The summed E-state index contributed by atoms with van der Waals surface area (Å²) in [6.45, 7) is 5.47. The van der Waals surface area contributed by atoms with Crippen molar-refractivity contribution in [2.45, 2.75) is 26.8 Å². The van der Waals surface area contributed by atoms with Gasteiger partial charge in [0.15, 0.2) is 0 Å². The lowest BCUT2D eigenvalue weighted by Gasteiger charge is -2.25. The Morgan fingerprint density at radius 1 is 1.27 bits per heavy atom. The number of thiophene rings is 1. The molecule has 1 aromatic carbocycles. The number of amides is 2. The summed E-state index contributed by atoms with van der Waals surface area (Å²) < 4.78 is 10.5. The van der Waals surface area contributed by atoms with Crippen molar-refractivity contribution in [2.24, 2.45) is 0 Å². The molecule has 0 unspecified atom stereocenters. The van der Waals surface area contributed by atoms with E-state index in [1.54, 1.807) is 17.9 Å². The van der Waals surface area contributed by atoms with Gasteiger partial charge in [0.25, 0.3) is 0 Å². The summed E-state index contributed by atoms with van der Waals surface area (Å²) in [6, 6.07) is 9.61. The molecule has 8 heteroatoms. The Labute approximate surface area is 179 Å². The van der Waals surface area contributed by atoms with Crippen LogP contribution in [-0.2, 0) is 22.5 Å². The second kappa shape index (κ2) is 9.94. The maximum absolute atomic E-state index is 12.4. The SMILES string of the molecule is CCOC(=O)N1CCc2c(sc(NC(=O)C=Cc3ccc(OCC)cc3)c2C#N)C1. The average molecular weight is 426 g/mol. The van der Waals surface area contributed by atoms with Gasteiger partial charge < -0.3 is 19.7 Å². The number of carbonyl (C=O) groups excluding carboxylic acids is 2. The largest absolute Gasteiger partial charge is 0.494 e. The fourth-order valence-electron chi connectivity index (χ4n) is 3.15. The Kier molecular flexibility index (Phi) is 7.09. The maximum atomic E-state index is 12.4. The quantitative estimate of drug-likeness (QED) is 0.701. The molecule has 30 heavy (non-hydrogen) atoms. The number of hydrogen-bond acceptors (Lipinski definition) is 6. The first-order chi connectivity index (χ1) is 14.5. The van der Waals surface area contributed by atoms with E-state index in [0.717, 1.165) is 21.8 Å². The van der Waals surface area contributed by atoms with Crippen LogP contribution in [0.5, 0.6) is 5.75 Å². The van der Waals surface area contributed by atoms with E-state index in [1.807, 2.05) is 31.2 Å². The van der Waals surface area contributed by atoms with Gasteiger partial charge in [-0.3, -0.25) is 4.79 Å². The molecule has 3 rings (SSSR count). The van der Waals surface area contributed by atoms with E-state index in [1.165, 1.54) is 17.4 Å². The topological polar surface area (TPSA) is 91.7 Å². The molecule has 2 heterocycles. The predicted molar refractivity (Wildman–Crippen MR) is 115 cm³/mol. The first-order valence-corrected chi connectivity index (χ1v) is 10.6. The highest BCUT2D eigenvalue weighted by Crippen LogP contribution is 2.36. The van der Waals surface area contributed by atoms with Crippen molar-refractivity contribution >= 4 is 34.4 Å². The number of nitriles is 1. The minimum Gasteiger partial charge on any atom is -0.494 e. The number of carbonyl (C=O) groups is 2. The standard InChI is InChI=1S/C22H23N3O4S/c1-3-28-16-8-5-15(6-9-16)7-10-20(26)24-21-18(13-23)17-11-12-25(14-19(17)30-21)22(27)29-4-2/h5-10H,3-4,11-12,14H2,1-2H3,(H,24,26). The zero-order valence-electron chi connectivity index (χ0n) is 16.9. The number of benzene rings is 1. The highest BCUT2D eigenvalue weighted by atomic mass is 32.1. The van der Waals surface area contributed by atoms with Crippen molar-refractivity contribution in [1.29, 1.82) is 5.26 Å². The van der Waals surface area contributed by atoms with Crippen LogP contribution in [0.1, 0.15) is 35.4 Å². The lowest BCUT2D eigenvalue weighted by Crippen LogP contribution is -2.35. The molecule has 0 saturated heterocycles.